The minimum Gasteiger partial charge on any atom is -0.361 e. The quantitative estimate of drug-likeness (QED) is 0.756. The number of hydrogen-bond acceptors (Lipinski definition) is 6. The fraction of sp³-hybridized carbons (Fsp3) is 0.250. The van der Waals surface area contributed by atoms with Crippen LogP contribution >= 0.6 is 11.3 Å². The summed E-state index contributed by atoms with van der Waals surface area (Å²) < 4.78 is 5.97. The fourth-order valence-corrected chi connectivity index (χ4v) is 3.30. The molecule has 2 aromatic heterocycles. The van der Waals surface area contributed by atoms with Gasteiger partial charge in [0.25, 0.3) is 5.91 Å². The smallest absolute Gasteiger partial charge is 0.261 e. The van der Waals surface area contributed by atoms with E-state index in [4.69, 9.17) is 4.52 Å². The van der Waals surface area contributed by atoms with Crippen LogP contribution in [-0.4, -0.2) is 22.0 Å². The molecule has 0 saturated carbocycles. The highest BCUT2D eigenvalue weighted by Crippen LogP contribution is 2.28. The van der Waals surface area contributed by atoms with Crippen molar-refractivity contribution in [3.63, 3.8) is 0 Å². The SMILES string of the molecule is CCc1noc(C)c1C(=O)Nc1ccc2nc(NC(C)=O)sc2c1. The van der Waals surface area contributed by atoms with E-state index in [0.29, 0.717) is 34.3 Å². The maximum atomic E-state index is 12.5. The van der Waals surface area contributed by atoms with Crippen molar-refractivity contribution in [3.05, 3.63) is 35.2 Å². The van der Waals surface area contributed by atoms with Crippen LogP contribution < -0.4 is 10.6 Å². The summed E-state index contributed by atoms with van der Waals surface area (Å²) in [7, 11) is 0. The normalized spacial score (nSPS) is 10.8. The van der Waals surface area contributed by atoms with Gasteiger partial charge in [-0.2, -0.15) is 0 Å². The van der Waals surface area contributed by atoms with E-state index in [1.54, 1.807) is 19.1 Å². The number of nitrogens with zero attached hydrogens (tertiary/aromatic N) is 2. The van der Waals surface area contributed by atoms with Gasteiger partial charge >= 0.3 is 0 Å². The van der Waals surface area contributed by atoms with Gasteiger partial charge in [0.1, 0.15) is 11.3 Å². The largest absolute Gasteiger partial charge is 0.361 e. The highest BCUT2D eigenvalue weighted by atomic mass is 32.1. The number of benzene rings is 1. The van der Waals surface area contributed by atoms with Crippen molar-refractivity contribution in [1.82, 2.24) is 10.1 Å². The van der Waals surface area contributed by atoms with Gasteiger partial charge in [-0.25, -0.2) is 4.98 Å². The second kappa shape index (κ2) is 6.40. The molecule has 0 radical (unpaired) electrons. The second-order valence-corrected chi connectivity index (χ2v) is 6.28. The van der Waals surface area contributed by atoms with Crippen molar-refractivity contribution in [1.29, 1.82) is 0 Å². The number of anilines is 2. The maximum absolute atomic E-state index is 12.5. The van der Waals surface area contributed by atoms with Crippen molar-refractivity contribution in [2.75, 3.05) is 10.6 Å². The lowest BCUT2D eigenvalue weighted by molar-refractivity contribution is -0.114. The minimum absolute atomic E-state index is 0.169. The lowest BCUT2D eigenvalue weighted by atomic mass is 10.1. The Labute approximate surface area is 142 Å². The molecule has 7 nitrogen and oxygen atoms in total. The Balaban J connectivity index is 1.85. The lowest BCUT2D eigenvalue weighted by Gasteiger charge is -2.05. The van der Waals surface area contributed by atoms with Crippen LogP contribution in [0.25, 0.3) is 10.2 Å². The van der Waals surface area contributed by atoms with E-state index in [0.717, 1.165) is 10.2 Å². The highest BCUT2D eigenvalue weighted by molar-refractivity contribution is 7.22. The van der Waals surface area contributed by atoms with E-state index in [9.17, 15) is 9.59 Å². The Morgan fingerprint density at radius 3 is 2.79 bits per heavy atom. The molecule has 0 atom stereocenters. The molecule has 2 amide bonds. The molecule has 2 N–H and O–H groups in total. The number of carbonyl (C=O) groups excluding carboxylic acids is 2. The summed E-state index contributed by atoms with van der Waals surface area (Å²) in [6, 6.07) is 5.39. The second-order valence-electron chi connectivity index (χ2n) is 5.25. The topological polar surface area (TPSA) is 97.1 Å². The third kappa shape index (κ3) is 3.13. The van der Waals surface area contributed by atoms with Crippen LogP contribution in [0.4, 0.5) is 10.8 Å². The molecule has 0 unspecified atom stereocenters. The van der Waals surface area contributed by atoms with Gasteiger partial charge in [0, 0.05) is 12.6 Å². The Bertz CT molecular complexity index is 929. The van der Waals surface area contributed by atoms with Gasteiger partial charge in [-0.3, -0.25) is 9.59 Å². The molecule has 124 valence electrons. The van der Waals surface area contributed by atoms with Gasteiger partial charge in [0.2, 0.25) is 5.91 Å². The molecule has 0 spiro atoms. The zero-order chi connectivity index (χ0) is 17.3. The Kier molecular flexibility index (Phi) is 4.30. The van der Waals surface area contributed by atoms with E-state index >= 15 is 0 Å². The fourth-order valence-electron chi connectivity index (χ4n) is 2.35. The van der Waals surface area contributed by atoms with Gasteiger partial charge in [0.05, 0.1) is 15.9 Å². The number of fused-ring (bicyclic) bond motifs is 1. The summed E-state index contributed by atoms with van der Waals surface area (Å²) in [6.45, 7) is 5.07. The van der Waals surface area contributed by atoms with E-state index in [1.807, 2.05) is 13.0 Å². The summed E-state index contributed by atoms with van der Waals surface area (Å²) in [5.41, 5.74) is 2.52. The number of hydrogen-bond donors (Lipinski definition) is 2. The number of nitrogens with one attached hydrogen (secondary N) is 2. The molecule has 8 heteroatoms. The standard InChI is InChI=1S/C16H16N4O3S/c1-4-11-14(8(2)23-20-11)15(22)18-10-5-6-12-13(7-10)24-16(19-12)17-9(3)21/h5-7H,4H2,1-3H3,(H,18,22)(H,17,19,21). The molecule has 1 aromatic carbocycles. The summed E-state index contributed by atoms with van der Waals surface area (Å²) >= 11 is 1.35. The molecule has 0 fully saturated rings. The minimum atomic E-state index is -0.253. The van der Waals surface area contributed by atoms with Crippen LogP contribution in [-0.2, 0) is 11.2 Å². The van der Waals surface area contributed by atoms with Gasteiger partial charge in [-0.1, -0.05) is 23.4 Å². The van der Waals surface area contributed by atoms with Crippen LogP contribution in [0.3, 0.4) is 0 Å². The molecule has 24 heavy (non-hydrogen) atoms. The Morgan fingerprint density at radius 1 is 1.29 bits per heavy atom. The zero-order valence-corrected chi connectivity index (χ0v) is 14.3. The predicted molar refractivity (Wildman–Crippen MR) is 92.5 cm³/mol. The number of rotatable bonds is 4. The van der Waals surface area contributed by atoms with E-state index in [1.165, 1.54) is 18.3 Å². The number of aromatic nitrogens is 2. The van der Waals surface area contributed by atoms with Crippen LogP contribution in [0.5, 0.6) is 0 Å². The van der Waals surface area contributed by atoms with E-state index in [-0.39, 0.29) is 11.8 Å². The van der Waals surface area contributed by atoms with Gasteiger partial charge in [0.15, 0.2) is 5.13 Å². The van der Waals surface area contributed by atoms with Crippen molar-refractivity contribution in [3.8, 4) is 0 Å². The van der Waals surface area contributed by atoms with Crippen molar-refractivity contribution in [2.45, 2.75) is 27.2 Å². The third-order valence-corrected chi connectivity index (χ3v) is 4.36. The molecule has 0 aliphatic rings. The van der Waals surface area contributed by atoms with E-state index < -0.39 is 0 Å². The number of amides is 2. The molecule has 3 aromatic rings. The molecule has 2 heterocycles. The average Bonchev–Trinajstić information content (AvgIpc) is 3.08. The van der Waals surface area contributed by atoms with E-state index in [2.05, 4.69) is 20.8 Å². The van der Waals surface area contributed by atoms with Crippen molar-refractivity contribution >= 4 is 44.2 Å². The predicted octanol–water partition coefficient (Wildman–Crippen LogP) is 3.37. The molecular formula is C16H16N4O3S. The van der Waals surface area contributed by atoms with Crippen LogP contribution in [0.15, 0.2) is 22.7 Å². The first kappa shape index (κ1) is 16.1. The van der Waals surface area contributed by atoms with Crippen LogP contribution in [0.2, 0.25) is 0 Å². The Morgan fingerprint density at radius 2 is 2.08 bits per heavy atom. The first-order valence-electron chi connectivity index (χ1n) is 7.42. The maximum Gasteiger partial charge on any atom is 0.261 e. The summed E-state index contributed by atoms with van der Waals surface area (Å²) in [5, 5.41) is 9.94. The molecule has 0 bridgehead atoms. The van der Waals surface area contributed by atoms with Crippen LogP contribution in [0, 0.1) is 6.92 Å². The first-order chi connectivity index (χ1) is 11.5. The number of carbonyl (C=O) groups is 2. The van der Waals surface area contributed by atoms with Crippen molar-refractivity contribution in [2.24, 2.45) is 0 Å². The zero-order valence-electron chi connectivity index (χ0n) is 13.5. The summed E-state index contributed by atoms with van der Waals surface area (Å²) in [4.78, 5) is 27.9. The number of aryl methyl sites for hydroxylation is 2. The molecule has 0 aliphatic carbocycles. The molecule has 3 rings (SSSR count). The van der Waals surface area contributed by atoms with Gasteiger partial charge in [-0.15, -0.1) is 0 Å². The van der Waals surface area contributed by atoms with Gasteiger partial charge < -0.3 is 15.2 Å². The van der Waals surface area contributed by atoms with Crippen LogP contribution in [0.1, 0.15) is 35.7 Å². The molecule has 0 saturated heterocycles. The van der Waals surface area contributed by atoms with Gasteiger partial charge in [-0.05, 0) is 31.5 Å². The molecule has 0 aliphatic heterocycles. The first-order valence-corrected chi connectivity index (χ1v) is 8.24. The average molecular weight is 344 g/mol. The highest BCUT2D eigenvalue weighted by Gasteiger charge is 2.19. The summed E-state index contributed by atoms with van der Waals surface area (Å²) in [5.74, 6) is 0.0744. The monoisotopic (exact) mass is 344 g/mol. The Hall–Kier alpha value is -2.74. The number of thiazole rings is 1. The summed E-state index contributed by atoms with van der Waals surface area (Å²) in [6.07, 6.45) is 0.619. The third-order valence-electron chi connectivity index (χ3n) is 3.42. The molecular weight excluding hydrogens is 328 g/mol. The lowest BCUT2D eigenvalue weighted by Crippen LogP contribution is -2.14. The van der Waals surface area contributed by atoms with Crippen molar-refractivity contribution < 1.29 is 14.1 Å².